The van der Waals surface area contributed by atoms with Gasteiger partial charge in [0, 0.05) is 19.2 Å². The number of hydrogen-bond donors (Lipinski definition) is 0. The molecule has 4 nitrogen and oxygen atoms in total. The highest BCUT2D eigenvalue weighted by molar-refractivity contribution is 5.49. The van der Waals surface area contributed by atoms with E-state index < -0.39 is 0 Å². The molecular formula is C12H14N4. The molecule has 0 fully saturated rings. The molecule has 0 bridgehead atoms. The fourth-order valence-corrected chi connectivity index (χ4v) is 2.17. The van der Waals surface area contributed by atoms with Crippen molar-refractivity contribution in [1.82, 2.24) is 19.7 Å². The van der Waals surface area contributed by atoms with E-state index in [1.807, 2.05) is 18.2 Å². The lowest BCUT2D eigenvalue weighted by molar-refractivity contribution is 0.411. The van der Waals surface area contributed by atoms with Crippen molar-refractivity contribution in [2.75, 3.05) is 0 Å². The van der Waals surface area contributed by atoms with Gasteiger partial charge in [-0.05, 0) is 24.5 Å². The van der Waals surface area contributed by atoms with Gasteiger partial charge in [-0.3, -0.25) is 4.98 Å². The molecule has 3 rings (SSSR count). The Morgan fingerprint density at radius 3 is 3.06 bits per heavy atom. The highest BCUT2D eigenvalue weighted by Gasteiger charge is 2.21. The normalized spacial score (nSPS) is 19.4. The van der Waals surface area contributed by atoms with Crippen LogP contribution in [0.5, 0.6) is 0 Å². The van der Waals surface area contributed by atoms with E-state index in [2.05, 4.69) is 26.7 Å². The molecule has 82 valence electrons. The third-order valence-electron chi connectivity index (χ3n) is 3.10. The molecule has 1 aliphatic rings. The molecule has 2 aromatic heterocycles. The minimum Gasteiger partial charge on any atom is -0.310 e. The van der Waals surface area contributed by atoms with Crippen LogP contribution in [0.25, 0.3) is 11.5 Å². The SMILES string of the molecule is CC1CCn2c(nnc2-c2ccccn2)C1. The van der Waals surface area contributed by atoms with Crippen molar-refractivity contribution < 1.29 is 0 Å². The first kappa shape index (κ1) is 9.51. The van der Waals surface area contributed by atoms with Gasteiger partial charge < -0.3 is 4.57 Å². The first-order valence-electron chi connectivity index (χ1n) is 5.68. The molecule has 0 aromatic carbocycles. The number of aromatic nitrogens is 4. The summed E-state index contributed by atoms with van der Waals surface area (Å²) in [5.74, 6) is 2.72. The third kappa shape index (κ3) is 1.50. The average molecular weight is 214 g/mol. The minimum absolute atomic E-state index is 0.716. The van der Waals surface area contributed by atoms with E-state index in [9.17, 15) is 0 Å². The maximum Gasteiger partial charge on any atom is 0.182 e. The van der Waals surface area contributed by atoms with Crippen molar-refractivity contribution in [2.24, 2.45) is 5.92 Å². The van der Waals surface area contributed by atoms with Crippen LogP contribution in [0.1, 0.15) is 19.2 Å². The van der Waals surface area contributed by atoms with Crippen molar-refractivity contribution in [3.05, 3.63) is 30.2 Å². The number of pyridine rings is 1. The first-order chi connectivity index (χ1) is 7.84. The highest BCUT2D eigenvalue weighted by atomic mass is 15.3. The predicted octanol–water partition coefficient (Wildman–Crippen LogP) is 1.92. The van der Waals surface area contributed by atoms with Gasteiger partial charge in [-0.2, -0.15) is 0 Å². The molecule has 16 heavy (non-hydrogen) atoms. The van der Waals surface area contributed by atoms with Crippen LogP contribution in [-0.4, -0.2) is 19.7 Å². The van der Waals surface area contributed by atoms with Crippen LogP contribution in [0.3, 0.4) is 0 Å². The monoisotopic (exact) mass is 214 g/mol. The first-order valence-corrected chi connectivity index (χ1v) is 5.68. The van der Waals surface area contributed by atoms with E-state index >= 15 is 0 Å². The van der Waals surface area contributed by atoms with Gasteiger partial charge in [0.15, 0.2) is 5.82 Å². The van der Waals surface area contributed by atoms with Gasteiger partial charge in [0.2, 0.25) is 0 Å². The van der Waals surface area contributed by atoms with Crippen LogP contribution in [0, 0.1) is 5.92 Å². The molecule has 0 aliphatic carbocycles. The zero-order valence-corrected chi connectivity index (χ0v) is 9.30. The van der Waals surface area contributed by atoms with Crippen molar-refractivity contribution in [2.45, 2.75) is 26.3 Å². The summed E-state index contributed by atoms with van der Waals surface area (Å²) in [7, 11) is 0. The third-order valence-corrected chi connectivity index (χ3v) is 3.10. The number of fused-ring (bicyclic) bond motifs is 1. The lowest BCUT2D eigenvalue weighted by Crippen LogP contribution is -2.18. The van der Waals surface area contributed by atoms with Gasteiger partial charge in [0.1, 0.15) is 11.5 Å². The second-order valence-electron chi connectivity index (χ2n) is 4.40. The summed E-state index contributed by atoms with van der Waals surface area (Å²) < 4.78 is 2.20. The van der Waals surface area contributed by atoms with Crippen molar-refractivity contribution >= 4 is 0 Å². The second-order valence-corrected chi connectivity index (χ2v) is 4.40. The Morgan fingerprint density at radius 2 is 2.25 bits per heavy atom. The lowest BCUT2D eigenvalue weighted by atomic mass is 10.0. The minimum atomic E-state index is 0.716. The molecule has 2 aromatic rings. The lowest BCUT2D eigenvalue weighted by Gasteiger charge is -2.19. The molecule has 0 amide bonds. The molecule has 1 unspecified atom stereocenters. The zero-order valence-electron chi connectivity index (χ0n) is 9.30. The van der Waals surface area contributed by atoms with Crippen LogP contribution in [0.4, 0.5) is 0 Å². The molecule has 4 heteroatoms. The Balaban J connectivity index is 2.04. The Labute approximate surface area is 94.4 Å². The Hall–Kier alpha value is -1.71. The van der Waals surface area contributed by atoms with E-state index in [0.717, 1.165) is 30.3 Å². The topological polar surface area (TPSA) is 43.6 Å². The van der Waals surface area contributed by atoms with Crippen molar-refractivity contribution in [3.8, 4) is 11.5 Å². The van der Waals surface area contributed by atoms with Crippen LogP contribution in [0.2, 0.25) is 0 Å². The Bertz CT molecular complexity index is 489. The summed E-state index contributed by atoms with van der Waals surface area (Å²) in [5, 5.41) is 8.51. The van der Waals surface area contributed by atoms with E-state index in [0.29, 0.717) is 5.92 Å². The molecule has 0 N–H and O–H groups in total. The molecular weight excluding hydrogens is 200 g/mol. The van der Waals surface area contributed by atoms with Gasteiger partial charge in [-0.15, -0.1) is 10.2 Å². The maximum absolute atomic E-state index is 4.33. The number of hydrogen-bond acceptors (Lipinski definition) is 3. The largest absolute Gasteiger partial charge is 0.310 e. The summed E-state index contributed by atoms with van der Waals surface area (Å²) in [6.07, 6.45) is 4.02. The zero-order chi connectivity index (χ0) is 11.0. The van der Waals surface area contributed by atoms with Gasteiger partial charge in [-0.25, -0.2) is 0 Å². The van der Waals surface area contributed by atoms with E-state index in [-0.39, 0.29) is 0 Å². The highest BCUT2D eigenvalue weighted by Crippen LogP contribution is 2.23. The quantitative estimate of drug-likeness (QED) is 0.728. The maximum atomic E-state index is 4.33. The standard InChI is InChI=1S/C12H14N4/c1-9-5-7-16-11(8-9)14-15-12(16)10-4-2-3-6-13-10/h2-4,6,9H,5,7-8H2,1H3. The summed E-state index contributed by atoms with van der Waals surface area (Å²) in [5.41, 5.74) is 0.913. The molecule has 0 spiro atoms. The summed E-state index contributed by atoms with van der Waals surface area (Å²) in [6, 6.07) is 5.88. The van der Waals surface area contributed by atoms with E-state index in [1.165, 1.54) is 6.42 Å². The van der Waals surface area contributed by atoms with Gasteiger partial charge in [0.25, 0.3) is 0 Å². The van der Waals surface area contributed by atoms with Gasteiger partial charge >= 0.3 is 0 Å². The smallest absolute Gasteiger partial charge is 0.182 e. The fraction of sp³-hybridized carbons (Fsp3) is 0.417. The van der Waals surface area contributed by atoms with Crippen LogP contribution in [-0.2, 0) is 13.0 Å². The summed E-state index contributed by atoms with van der Waals surface area (Å²) in [6.45, 7) is 3.27. The van der Waals surface area contributed by atoms with Crippen LogP contribution >= 0.6 is 0 Å². The van der Waals surface area contributed by atoms with Crippen LogP contribution in [0.15, 0.2) is 24.4 Å². The number of nitrogens with zero attached hydrogens (tertiary/aromatic N) is 4. The van der Waals surface area contributed by atoms with Gasteiger partial charge in [-0.1, -0.05) is 13.0 Å². The van der Waals surface area contributed by atoms with Gasteiger partial charge in [0.05, 0.1) is 0 Å². The molecule has 0 saturated heterocycles. The molecule has 1 atom stereocenters. The predicted molar refractivity (Wildman–Crippen MR) is 60.7 cm³/mol. The summed E-state index contributed by atoms with van der Waals surface area (Å²) >= 11 is 0. The summed E-state index contributed by atoms with van der Waals surface area (Å²) in [4.78, 5) is 4.33. The van der Waals surface area contributed by atoms with E-state index in [1.54, 1.807) is 6.20 Å². The molecule has 1 aliphatic heterocycles. The van der Waals surface area contributed by atoms with E-state index in [4.69, 9.17) is 0 Å². The van der Waals surface area contributed by atoms with Crippen molar-refractivity contribution in [3.63, 3.8) is 0 Å². The van der Waals surface area contributed by atoms with Crippen LogP contribution < -0.4 is 0 Å². The Morgan fingerprint density at radius 1 is 1.31 bits per heavy atom. The van der Waals surface area contributed by atoms with Crippen molar-refractivity contribution in [1.29, 1.82) is 0 Å². The second kappa shape index (κ2) is 3.70. The number of rotatable bonds is 1. The fourth-order valence-electron chi connectivity index (χ4n) is 2.17. The molecule has 0 saturated carbocycles. The molecule has 3 heterocycles. The Kier molecular flexibility index (Phi) is 2.20. The molecule has 0 radical (unpaired) electrons. The average Bonchev–Trinajstić information content (AvgIpc) is 2.73.